The van der Waals surface area contributed by atoms with Crippen molar-refractivity contribution in [1.82, 2.24) is 10.1 Å². The fraction of sp³-hybridized carbons (Fsp3) is 0.500. The highest BCUT2D eigenvalue weighted by molar-refractivity contribution is 5.77. The minimum atomic E-state index is 0.0835. The molecule has 0 spiro atoms. The first kappa shape index (κ1) is 19.4. The van der Waals surface area contributed by atoms with Gasteiger partial charge < -0.3 is 23.8 Å². The highest BCUT2D eigenvalue weighted by Crippen LogP contribution is 2.33. The Morgan fingerprint density at radius 3 is 2.67 bits per heavy atom. The van der Waals surface area contributed by atoms with Crippen LogP contribution in [0.2, 0.25) is 0 Å². The van der Waals surface area contributed by atoms with Gasteiger partial charge in [-0.1, -0.05) is 42.4 Å². The van der Waals surface area contributed by atoms with Crippen molar-refractivity contribution in [1.29, 1.82) is 0 Å². The molecule has 1 aromatic carbocycles. The molecule has 27 heavy (non-hydrogen) atoms. The van der Waals surface area contributed by atoms with Gasteiger partial charge in [-0.05, 0) is 0 Å². The number of nitrogens with zero attached hydrogens (tertiary/aromatic N) is 3. The molecule has 2 heterocycles. The van der Waals surface area contributed by atoms with Gasteiger partial charge in [-0.3, -0.25) is 4.79 Å². The molecule has 1 aliphatic heterocycles. The van der Waals surface area contributed by atoms with E-state index in [9.17, 15) is 4.79 Å². The lowest BCUT2D eigenvalue weighted by atomic mass is 10.1. The Morgan fingerprint density at radius 2 is 2.00 bits per heavy atom. The summed E-state index contributed by atoms with van der Waals surface area (Å²) in [6, 6.07) is 9.93. The second-order valence-electron chi connectivity index (χ2n) is 6.44. The smallest absolute Gasteiger partial charge is 0.233 e. The van der Waals surface area contributed by atoms with Gasteiger partial charge in [0.2, 0.25) is 11.8 Å². The third-order valence-electron chi connectivity index (χ3n) is 4.68. The van der Waals surface area contributed by atoms with E-state index in [1.54, 1.807) is 7.11 Å². The zero-order chi connectivity index (χ0) is 19.1. The molecule has 3 rings (SSSR count). The van der Waals surface area contributed by atoms with Gasteiger partial charge in [0, 0.05) is 38.7 Å². The number of amides is 1. The van der Waals surface area contributed by atoms with Gasteiger partial charge in [-0.15, -0.1) is 0 Å². The Labute approximate surface area is 159 Å². The van der Waals surface area contributed by atoms with Crippen molar-refractivity contribution < 1.29 is 18.8 Å². The number of hydrogen-bond acceptors (Lipinski definition) is 6. The number of carbonyl (C=O) groups excluding carboxylic acids is 1. The van der Waals surface area contributed by atoms with E-state index < -0.39 is 0 Å². The standard InChI is InChI=1S/C20H27N3O4/c1-3-18(24)23(9-12-25-2)15-17-19(16-7-5-4-6-8-16)21-27-20(17)22-10-13-26-14-11-22/h4-8H,3,9-15H2,1-2H3. The fourth-order valence-electron chi connectivity index (χ4n) is 3.19. The van der Waals surface area contributed by atoms with Crippen molar-refractivity contribution in [2.24, 2.45) is 0 Å². The third kappa shape index (κ3) is 4.67. The van der Waals surface area contributed by atoms with Crippen LogP contribution in [-0.2, 0) is 20.8 Å². The number of methoxy groups -OCH3 is 1. The molecule has 1 saturated heterocycles. The molecule has 0 unspecified atom stereocenters. The number of rotatable bonds is 8. The molecule has 0 radical (unpaired) electrons. The largest absolute Gasteiger partial charge is 0.383 e. The second kappa shape index (κ2) is 9.53. The summed E-state index contributed by atoms with van der Waals surface area (Å²) in [4.78, 5) is 16.4. The zero-order valence-electron chi connectivity index (χ0n) is 16.0. The van der Waals surface area contributed by atoms with E-state index in [2.05, 4.69) is 10.1 Å². The van der Waals surface area contributed by atoms with Crippen LogP contribution in [0.5, 0.6) is 0 Å². The van der Waals surface area contributed by atoms with Crippen molar-refractivity contribution in [3.05, 3.63) is 35.9 Å². The van der Waals surface area contributed by atoms with E-state index in [0.717, 1.165) is 35.8 Å². The topological polar surface area (TPSA) is 68.0 Å². The van der Waals surface area contributed by atoms with Crippen LogP contribution in [0, 0.1) is 0 Å². The number of benzene rings is 1. The van der Waals surface area contributed by atoms with Crippen molar-refractivity contribution in [2.75, 3.05) is 51.5 Å². The Bertz CT molecular complexity index is 726. The Balaban J connectivity index is 1.95. The maximum atomic E-state index is 12.5. The number of anilines is 1. The first-order valence-electron chi connectivity index (χ1n) is 9.38. The van der Waals surface area contributed by atoms with Crippen molar-refractivity contribution in [3.63, 3.8) is 0 Å². The summed E-state index contributed by atoms with van der Waals surface area (Å²) < 4.78 is 16.4. The summed E-state index contributed by atoms with van der Waals surface area (Å²) in [7, 11) is 1.64. The molecule has 1 aliphatic rings. The summed E-state index contributed by atoms with van der Waals surface area (Å²) in [6.45, 7) is 6.14. The van der Waals surface area contributed by atoms with Gasteiger partial charge in [-0.2, -0.15) is 0 Å². The first-order chi connectivity index (χ1) is 13.2. The quantitative estimate of drug-likeness (QED) is 0.708. The molecule has 1 amide bonds. The van der Waals surface area contributed by atoms with Gasteiger partial charge in [-0.25, -0.2) is 0 Å². The number of ether oxygens (including phenoxy) is 2. The molecule has 0 atom stereocenters. The molecular formula is C20H27N3O4. The third-order valence-corrected chi connectivity index (χ3v) is 4.68. The van der Waals surface area contributed by atoms with Crippen LogP contribution in [0.4, 0.5) is 5.88 Å². The molecule has 1 aromatic heterocycles. The Kier molecular flexibility index (Phi) is 6.84. The lowest BCUT2D eigenvalue weighted by Gasteiger charge is -2.28. The summed E-state index contributed by atoms with van der Waals surface area (Å²) in [5, 5.41) is 4.35. The van der Waals surface area contributed by atoms with Crippen LogP contribution >= 0.6 is 0 Å². The predicted molar refractivity (Wildman–Crippen MR) is 103 cm³/mol. The maximum Gasteiger partial charge on any atom is 0.233 e. The predicted octanol–water partition coefficient (Wildman–Crippen LogP) is 2.56. The highest BCUT2D eigenvalue weighted by atomic mass is 16.5. The van der Waals surface area contributed by atoms with Crippen LogP contribution in [-0.4, -0.2) is 62.5 Å². The molecule has 146 valence electrons. The molecule has 7 heteroatoms. The average molecular weight is 373 g/mol. The van der Waals surface area contributed by atoms with E-state index in [-0.39, 0.29) is 5.91 Å². The number of hydrogen-bond donors (Lipinski definition) is 0. The normalized spacial score (nSPS) is 14.4. The van der Waals surface area contributed by atoms with Crippen LogP contribution in [0.15, 0.2) is 34.9 Å². The van der Waals surface area contributed by atoms with Crippen LogP contribution in [0.3, 0.4) is 0 Å². The summed E-state index contributed by atoms with van der Waals surface area (Å²) in [5.74, 6) is 0.809. The Hall–Kier alpha value is -2.38. The lowest BCUT2D eigenvalue weighted by Crippen LogP contribution is -2.37. The maximum absolute atomic E-state index is 12.5. The minimum Gasteiger partial charge on any atom is -0.383 e. The Morgan fingerprint density at radius 1 is 1.26 bits per heavy atom. The van der Waals surface area contributed by atoms with Gasteiger partial charge in [0.1, 0.15) is 5.69 Å². The molecular weight excluding hydrogens is 346 g/mol. The molecule has 1 fully saturated rings. The molecule has 0 saturated carbocycles. The van der Waals surface area contributed by atoms with E-state index in [1.165, 1.54) is 0 Å². The van der Waals surface area contributed by atoms with E-state index in [4.69, 9.17) is 14.0 Å². The van der Waals surface area contributed by atoms with Gasteiger partial charge in [0.25, 0.3) is 0 Å². The zero-order valence-corrected chi connectivity index (χ0v) is 16.0. The van der Waals surface area contributed by atoms with Gasteiger partial charge >= 0.3 is 0 Å². The minimum absolute atomic E-state index is 0.0835. The average Bonchev–Trinajstić information content (AvgIpc) is 3.15. The molecule has 0 bridgehead atoms. The molecule has 2 aromatic rings. The van der Waals surface area contributed by atoms with Crippen LogP contribution < -0.4 is 4.90 Å². The molecule has 0 N–H and O–H groups in total. The van der Waals surface area contributed by atoms with Gasteiger partial charge in [0.15, 0.2) is 0 Å². The van der Waals surface area contributed by atoms with E-state index in [0.29, 0.717) is 39.3 Å². The highest BCUT2D eigenvalue weighted by Gasteiger charge is 2.26. The molecule has 7 nitrogen and oxygen atoms in total. The van der Waals surface area contributed by atoms with Crippen LogP contribution in [0.1, 0.15) is 18.9 Å². The summed E-state index contributed by atoms with van der Waals surface area (Å²) in [5.41, 5.74) is 2.69. The molecule has 0 aliphatic carbocycles. The monoisotopic (exact) mass is 373 g/mol. The number of aromatic nitrogens is 1. The number of morpholine rings is 1. The van der Waals surface area contributed by atoms with Crippen molar-refractivity contribution in [2.45, 2.75) is 19.9 Å². The SMILES string of the molecule is CCC(=O)N(CCOC)Cc1c(-c2ccccc2)noc1N1CCOCC1. The number of carbonyl (C=O) groups is 1. The second-order valence-corrected chi connectivity index (χ2v) is 6.44. The fourth-order valence-corrected chi connectivity index (χ4v) is 3.19. The summed E-state index contributed by atoms with van der Waals surface area (Å²) >= 11 is 0. The van der Waals surface area contributed by atoms with Crippen molar-refractivity contribution in [3.8, 4) is 11.3 Å². The first-order valence-corrected chi connectivity index (χ1v) is 9.38. The lowest BCUT2D eigenvalue weighted by molar-refractivity contribution is -0.132. The van der Waals surface area contributed by atoms with Gasteiger partial charge in [0.05, 0.1) is 31.9 Å². The van der Waals surface area contributed by atoms with E-state index in [1.807, 2.05) is 42.2 Å². The van der Waals surface area contributed by atoms with Crippen LogP contribution in [0.25, 0.3) is 11.3 Å². The van der Waals surface area contributed by atoms with Crippen molar-refractivity contribution >= 4 is 11.8 Å². The van der Waals surface area contributed by atoms with E-state index >= 15 is 0 Å². The summed E-state index contributed by atoms with van der Waals surface area (Å²) in [6.07, 6.45) is 0.447.